The fraction of sp³-hybridized carbons (Fsp3) is 0.727. The fourth-order valence-electron chi connectivity index (χ4n) is 2.29. The normalized spacial score (nSPS) is 28.0. The number of aromatic nitrogens is 2. The van der Waals surface area contributed by atoms with Crippen LogP contribution in [0.25, 0.3) is 0 Å². The van der Waals surface area contributed by atoms with Crippen molar-refractivity contribution in [3.63, 3.8) is 0 Å². The molecule has 7 nitrogen and oxygen atoms in total. The zero-order chi connectivity index (χ0) is 13.2. The lowest BCUT2D eigenvalue weighted by molar-refractivity contribution is 0.0709. The monoisotopic (exact) mass is 254 g/mol. The smallest absolute Gasteiger partial charge is 0.277 e. The molecule has 0 atom stereocenters. The molecule has 0 unspecified atom stereocenters. The van der Waals surface area contributed by atoms with Gasteiger partial charge in [-0.25, -0.2) is 4.63 Å². The van der Waals surface area contributed by atoms with Crippen LogP contribution in [0.15, 0.2) is 4.63 Å². The number of carbonyl (C=O) groups excluding carboxylic acids is 1. The molecule has 1 aliphatic carbocycles. The Hall–Kier alpha value is -1.63. The van der Waals surface area contributed by atoms with Gasteiger partial charge in [0.25, 0.3) is 5.91 Å². The number of nitrogens with one attached hydrogen (secondary N) is 1. The van der Waals surface area contributed by atoms with Gasteiger partial charge in [-0.2, -0.15) is 0 Å². The maximum Gasteiger partial charge on any atom is 0.277 e. The SMILES string of the molecule is CC1CCC(CO)(NC(=O)c2nonc2N)CC1. The van der Waals surface area contributed by atoms with E-state index in [0.717, 1.165) is 25.7 Å². The molecule has 1 aromatic heterocycles. The average Bonchev–Trinajstić information content (AvgIpc) is 2.79. The van der Waals surface area contributed by atoms with Crippen molar-refractivity contribution < 1.29 is 14.5 Å². The van der Waals surface area contributed by atoms with Gasteiger partial charge in [0.15, 0.2) is 0 Å². The third kappa shape index (κ3) is 2.45. The van der Waals surface area contributed by atoms with E-state index < -0.39 is 11.4 Å². The van der Waals surface area contributed by atoms with E-state index in [9.17, 15) is 9.90 Å². The second-order valence-corrected chi connectivity index (χ2v) is 5.07. The number of carbonyl (C=O) groups is 1. The molecule has 1 amide bonds. The van der Waals surface area contributed by atoms with Gasteiger partial charge >= 0.3 is 0 Å². The zero-order valence-electron chi connectivity index (χ0n) is 10.3. The van der Waals surface area contributed by atoms with Crippen LogP contribution in [-0.4, -0.2) is 33.5 Å². The Morgan fingerprint density at radius 3 is 2.72 bits per heavy atom. The molecule has 0 bridgehead atoms. The van der Waals surface area contributed by atoms with Crippen molar-refractivity contribution in [2.75, 3.05) is 12.3 Å². The number of hydrogen-bond acceptors (Lipinski definition) is 6. The summed E-state index contributed by atoms with van der Waals surface area (Å²) in [6.07, 6.45) is 3.46. The topological polar surface area (TPSA) is 114 Å². The average molecular weight is 254 g/mol. The molecule has 1 heterocycles. The zero-order valence-corrected chi connectivity index (χ0v) is 10.3. The quantitative estimate of drug-likeness (QED) is 0.715. The van der Waals surface area contributed by atoms with E-state index >= 15 is 0 Å². The summed E-state index contributed by atoms with van der Waals surface area (Å²) in [6.45, 7) is 2.08. The minimum atomic E-state index is -0.574. The van der Waals surface area contributed by atoms with E-state index in [0.29, 0.717) is 5.92 Å². The van der Waals surface area contributed by atoms with Crippen LogP contribution in [0.1, 0.15) is 43.1 Å². The number of anilines is 1. The maximum atomic E-state index is 12.0. The van der Waals surface area contributed by atoms with Crippen LogP contribution >= 0.6 is 0 Å². The summed E-state index contributed by atoms with van der Waals surface area (Å²) in [5.41, 5.74) is 4.86. The predicted molar refractivity (Wildman–Crippen MR) is 63.6 cm³/mol. The third-order valence-corrected chi connectivity index (χ3v) is 3.64. The Bertz CT molecular complexity index is 424. The number of amides is 1. The number of aliphatic hydroxyl groups excluding tert-OH is 1. The lowest BCUT2D eigenvalue weighted by Gasteiger charge is -2.38. The molecule has 0 aromatic carbocycles. The van der Waals surface area contributed by atoms with Gasteiger partial charge in [0, 0.05) is 0 Å². The van der Waals surface area contributed by atoms with Crippen molar-refractivity contribution in [1.29, 1.82) is 0 Å². The summed E-state index contributed by atoms with van der Waals surface area (Å²) >= 11 is 0. The molecule has 18 heavy (non-hydrogen) atoms. The minimum absolute atomic E-state index is 0.0264. The van der Waals surface area contributed by atoms with Crippen molar-refractivity contribution >= 4 is 11.7 Å². The van der Waals surface area contributed by atoms with Gasteiger partial charge in [-0.15, -0.1) is 0 Å². The van der Waals surface area contributed by atoms with Crippen molar-refractivity contribution in [2.24, 2.45) is 5.92 Å². The summed E-state index contributed by atoms with van der Waals surface area (Å²) in [4.78, 5) is 12.0. The fourth-order valence-corrected chi connectivity index (χ4v) is 2.29. The van der Waals surface area contributed by atoms with Crippen molar-refractivity contribution in [3.05, 3.63) is 5.69 Å². The number of nitrogens with zero attached hydrogens (tertiary/aromatic N) is 2. The number of rotatable bonds is 3. The van der Waals surface area contributed by atoms with Crippen LogP contribution in [0.2, 0.25) is 0 Å². The van der Waals surface area contributed by atoms with Crippen LogP contribution in [0.4, 0.5) is 5.82 Å². The summed E-state index contributed by atoms with van der Waals surface area (Å²) < 4.78 is 4.39. The maximum absolute atomic E-state index is 12.0. The molecule has 1 saturated carbocycles. The summed E-state index contributed by atoms with van der Waals surface area (Å²) in [7, 11) is 0. The molecule has 4 N–H and O–H groups in total. The lowest BCUT2D eigenvalue weighted by Crippen LogP contribution is -2.53. The molecular formula is C11H18N4O3. The first kappa shape index (κ1) is 12.8. The Morgan fingerprint density at radius 2 is 2.22 bits per heavy atom. The van der Waals surface area contributed by atoms with E-state index in [4.69, 9.17) is 5.73 Å². The van der Waals surface area contributed by atoms with Crippen LogP contribution in [0.5, 0.6) is 0 Å². The van der Waals surface area contributed by atoms with Crippen molar-refractivity contribution in [3.8, 4) is 0 Å². The molecule has 0 radical (unpaired) electrons. The van der Waals surface area contributed by atoms with Gasteiger partial charge in [0.2, 0.25) is 11.5 Å². The van der Waals surface area contributed by atoms with Gasteiger partial charge < -0.3 is 16.2 Å². The number of hydrogen-bond donors (Lipinski definition) is 3. The predicted octanol–water partition coefficient (Wildman–Crippen LogP) is 0.323. The van der Waals surface area contributed by atoms with Gasteiger partial charge in [-0.05, 0) is 41.9 Å². The summed E-state index contributed by atoms with van der Waals surface area (Å²) in [6, 6.07) is 0. The highest BCUT2D eigenvalue weighted by Crippen LogP contribution is 2.31. The van der Waals surface area contributed by atoms with Gasteiger partial charge in [0.1, 0.15) is 0 Å². The summed E-state index contributed by atoms with van der Waals surface area (Å²) in [5.74, 6) is 0.141. The molecule has 1 fully saturated rings. The van der Waals surface area contributed by atoms with Gasteiger partial charge in [-0.1, -0.05) is 6.92 Å². The molecule has 0 spiro atoms. The second-order valence-electron chi connectivity index (χ2n) is 5.07. The second kappa shape index (κ2) is 4.93. The van der Waals surface area contributed by atoms with Gasteiger partial charge in [-0.3, -0.25) is 4.79 Å². The standard InChI is InChI=1S/C11H18N4O3/c1-7-2-4-11(6-16,5-3-7)13-10(17)8-9(12)15-18-14-8/h7,16H,2-6H2,1H3,(H2,12,15)(H,13,17). The number of nitrogens with two attached hydrogens (primary N) is 1. The first-order valence-electron chi connectivity index (χ1n) is 6.08. The van der Waals surface area contributed by atoms with E-state index in [1.807, 2.05) is 0 Å². The molecular weight excluding hydrogens is 236 g/mol. The largest absolute Gasteiger partial charge is 0.394 e. The summed E-state index contributed by atoms with van der Waals surface area (Å²) in [5, 5.41) is 19.2. The molecule has 100 valence electrons. The van der Waals surface area contributed by atoms with Crippen molar-refractivity contribution in [1.82, 2.24) is 15.6 Å². The lowest BCUT2D eigenvalue weighted by atomic mass is 9.77. The Balaban J connectivity index is 2.07. The van der Waals surface area contributed by atoms with Gasteiger partial charge in [0.05, 0.1) is 12.1 Å². The van der Waals surface area contributed by atoms with Crippen molar-refractivity contribution in [2.45, 2.75) is 38.1 Å². The van der Waals surface area contributed by atoms with Crippen LogP contribution in [0.3, 0.4) is 0 Å². The molecule has 1 aliphatic rings. The highest BCUT2D eigenvalue weighted by Gasteiger charge is 2.36. The Kier molecular flexibility index (Phi) is 3.51. The van der Waals surface area contributed by atoms with Crippen LogP contribution < -0.4 is 11.1 Å². The highest BCUT2D eigenvalue weighted by molar-refractivity contribution is 5.96. The van der Waals surface area contributed by atoms with Crippen LogP contribution in [0, 0.1) is 5.92 Å². The van der Waals surface area contributed by atoms with E-state index in [1.165, 1.54) is 0 Å². The number of aliphatic hydroxyl groups is 1. The first-order chi connectivity index (χ1) is 8.56. The third-order valence-electron chi connectivity index (χ3n) is 3.64. The van der Waals surface area contributed by atoms with E-state index in [2.05, 4.69) is 27.2 Å². The van der Waals surface area contributed by atoms with E-state index in [-0.39, 0.29) is 18.1 Å². The highest BCUT2D eigenvalue weighted by atomic mass is 16.6. The first-order valence-corrected chi connectivity index (χ1v) is 6.08. The number of nitrogen functional groups attached to an aromatic ring is 1. The Labute approximate surface area is 105 Å². The molecule has 2 rings (SSSR count). The Morgan fingerprint density at radius 1 is 1.56 bits per heavy atom. The molecule has 7 heteroatoms. The molecule has 0 aliphatic heterocycles. The minimum Gasteiger partial charge on any atom is -0.394 e. The van der Waals surface area contributed by atoms with E-state index in [1.54, 1.807) is 0 Å². The molecule has 1 aromatic rings. The molecule has 0 saturated heterocycles. The van der Waals surface area contributed by atoms with Crippen LogP contribution in [-0.2, 0) is 0 Å².